The van der Waals surface area contributed by atoms with Crippen LogP contribution < -0.4 is 0 Å². The van der Waals surface area contributed by atoms with Gasteiger partial charge in [0.2, 0.25) is 5.91 Å². The summed E-state index contributed by atoms with van der Waals surface area (Å²) >= 11 is 11.7. The van der Waals surface area contributed by atoms with E-state index in [1.165, 1.54) is 0 Å². The summed E-state index contributed by atoms with van der Waals surface area (Å²) in [4.78, 5) is 13.4. The lowest BCUT2D eigenvalue weighted by atomic mass is 10.2. The summed E-state index contributed by atoms with van der Waals surface area (Å²) in [5.41, 5.74) is 1.66. The number of amides is 1. The normalized spacial score (nSPS) is 16.0. The molecule has 16 heavy (non-hydrogen) atoms. The fourth-order valence-corrected chi connectivity index (χ4v) is 2.03. The van der Waals surface area contributed by atoms with Gasteiger partial charge in [0.05, 0.1) is 10.0 Å². The van der Waals surface area contributed by atoms with Crippen molar-refractivity contribution >= 4 is 29.1 Å². The molecule has 4 heteroatoms. The third kappa shape index (κ3) is 2.23. The first-order chi connectivity index (χ1) is 7.58. The zero-order valence-electron chi connectivity index (χ0n) is 8.67. The molecule has 1 aliphatic rings. The number of rotatable bonds is 2. The number of benzene rings is 1. The van der Waals surface area contributed by atoms with E-state index in [2.05, 4.69) is 6.58 Å². The van der Waals surface area contributed by atoms with Crippen LogP contribution in [0, 0.1) is 0 Å². The van der Waals surface area contributed by atoms with Crippen molar-refractivity contribution < 1.29 is 4.79 Å². The van der Waals surface area contributed by atoms with Gasteiger partial charge in [0.1, 0.15) is 0 Å². The molecule has 0 saturated carbocycles. The van der Waals surface area contributed by atoms with E-state index in [-0.39, 0.29) is 5.91 Å². The van der Waals surface area contributed by atoms with E-state index in [9.17, 15) is 4.79 Å². The lowest BCUT2D eigenvalue weighted by Gasteiger charge is -2.15. The monoisotopic (exact) mass is 255 g/mol. The minimum atomic E-state index is 0.0334. The molecule has 0 spiro atoms. The Balaban J connectivity index is 2.12. The summed E-state index contributed by atoms with van der Waals surface area (Å²) in [6, 6.07) is 5.41. The zero-order valence-corrected chi connectivity index (χ0v) is 10.2. The van der Waals surface area contributed by atoms with Crippen LogP contribution in [0.15, 0.2) is 30.4 Å². The molecular formula is C12H11Cl2NO. The predicted molar refractivity (Wildman–Crippen MR) is 65.6 cm³/mol. The van der Waals surface area contributed by atoms with Crippen molar-refractivity contribution in [3.63, 3.8) is 0 Å². The Labute approximate surface area is 104 Å². The summed E-state index contributed by atoms with van der Waals surface area (Å²) in [6.45, 7) is 5.02. The third-order valence-corrected chi connectivity index (χ3v) is 3.37. The van der Waals surface area contributed by atoms with E-state index in [1.807, 2.05) is 6.07 Å². The molecule has 1 aromatic rings. The smallest absolute Gasteiger partial charge is 0.249 e. The quantitative estimate of drug-likeness (QED) is 0.743. The van der Waals surface area contributed by atoms with Gasteiger partial charge in [-0.2, -0.15) is 0 Å². The molecule has 1 aliphatic heterocycles. The van der Waals surface area contributed by atoms with Crippen molar-refractivity contribution in [2.24, 2.45) is 0 Å². The third-order valence-electron chi connectivity index (χ3n) is 2.63. The van der Waals surface area contributed by atoms with Gasteiger partial charge in [-0.15, -0.1) is 0 Å². The molecule has 0 bridgehead atoms. The van der Waals surface area contributed by atoms with E-state index in [0.29, 0.717) is 22.2 Å². The average Bonchev–Trinajstić information content (AvgIpc) is 2.55. The topological polar surface area (TPSA) is 20.3 Å². The standard InChI is InChI=1S/C12H11Cl2NO/c1-8-4-5-15(12(8)16)7-9-2-3-10(13)11(14)6-9/h2-3,6H,1,4-5,7H2. The molecule has 0 unspecified atom stereocenters. The first-order valence-corrected chi connectivity index (χ1v) is 5.74. The summed E-state index contributed by atoms with van der Waals surface area (Å²) in [5, 5.41) is 1.05. The molecule has 0 N–H and O–H groups in total. The maximum absolute atomic E-state index is 11.6. The largest absolute Gasteiger partial charge is 0.334 e. The summed E-state index contributed by atoms with van der Waals surface area (Å²) in [5.74, 6) is 0.0334. The van der Waals surface area contributed by atoms with Gasteiger partial charge in [-0.3, -0.25) is 4.79 Å². The number of halogens is 2. The Morgan fingerprint density at radius 1 is 1.31 bits per heavy atom. The number of nitrogens with zero attached hydrogens (tertiary/aromatic N) is 1. The van der Waals surface area contributed by atoms with Gasteiger partial charge in [-0.25, -0.2) is 0 Å². The second-order valence-electron chi connectivity index (χ2n) is 3.83. The highest BCUT2D eigenvalue weighted by molar-refractivity contribution is 6.42. The maximum Gasteiger partial charge on any atom is 0.249 e. The second-order valence-corrected chi connectivity index (χ2v) is 4.64. The molecule has 2 nitrogen and oxygen atoms in total. The number of hydrogen-bond donors (Lipinski definition) is 0. The Morgan fingerprint density at radius 3 is 2.62 bits per heavy atom. The highest BCUT2D eigenvalue weighted by Crippen LogP contribution is 2.24. The molecule has 1 fully saturated rings. The Kier molecular flexibility index (Phi) is 3.22. The molecule has 1 heterocycles. The van der Waals surface area contributed by atoms with E-state index in [0.717, 1.165) is 18.5 Å². The van der Waals surface area contributed by atoms with Crippen molar-refractivity contribution in [2.75, 3.05) is 6.54 Å². The first-order valence-electron chi connectivity index (χ1n) is 4.99. The van der Waals surface area contributed by atoms with Gasteiger partial charge in [-0.1, -0.05) is 35.8 Å². The van der Waals surface area contributed by atoms with Crippen LogP contribution in [-0.4, -0.2) is 17.4 Å². The van der Waals surface area contributed by atoms with Gasteiger partial charge < -0.3 is 4.90 Å². The first kappa shape index (κ1) is 11.5. The molecule has 2 rings (SSSR count). The van der Waals surface area contributed by atoms with Crippen molar-refractivity contribution in [1.29, 1.82) is 0 Å². The number of hydrogen-bond acceptors (Lipinski definition) is 1. The van der Waals surface area contributed by atoms with Crippen molar-refractivity contribution in [1.82, 2.24) is 4.90 Å². The van der Waals surface area contributed by atoms with Gasteiger partial charge in [0.25, 0.3) is 0 Å². The molecule has 0 aromatic heterocycles. The van der Waals surface area contributed by atoms with Gasteiger partial charge in [-0.05, 0) is 24.1 Å². The van der Waals surface area contributed by atoms with Crippen molar-refractivity contribution in [3.05, 3.63) is 46.0 Å². The Hall–Kier alpha value is -0.990. The van der Waals surface area contributed by atoms with E-state index < -0.39 is 0 Å². The maximum atomic E-state index is 11.6. The lowest BCUT2D eigenvalue weighted by molar-refractivity contribution is -0.125. The SMILES string of the molecule is C=C1CCN(Cc2ccc(Cl)c(Cl)c2)C1=O. The fourth-order valence-electron chi connectivity index (χ4n) is 1.71. The van der Waals surface area contributed by atoms with Gasteiger partial charge in [0, 0.05) is 18.7 Å². The van der Waals surface area contributed by atoms with Gasteiger partial charge >= 0.3 is 0 Å². The molecule has 0 atom stereocenters. The van der Waals surface area contributed by atoms with Crippen LogP contribution in [0.2, 0.25) is 10.0 Å². The molecule has 1 amide bonds. The van der Waals surface area contributed by atoms with E-state index in [1.54, 1.807) is 17.0 Å². The molecule has 84 valence electrons. The highest BCUT2D eigenvalue weighted by Gasteiger charge is 2.23. The lowest BCUT2D eigenvalue weighted by Crippen LogP contribution is -2.24. The molecule has 1 aromatic carbocycles. The Morgan fingerprint density at radius 2 is 2.06 bits per heavy atom. The average molecular weight is 256 g/mol. The second kappa shape index (κ2) is 4.48. The van der Waals surface area contributed by atoms with Gasteiger partial charge in [0.15, 0.2) is 0 Å². The fraction of sp³-hybridized carbons (Fsp3) is 0.250. The van der Waals surface area contributed by atoms with Crippen LogP contribution in [-0.2, 0) is 11.3 Å². The number of carbonyl (C=O) groups excluding carboxylic acids is 1. The van der Waals surface area contributed by atoms with Crippen molar-refractivity contribution in [3.8, 4) is 0 Å². The van der Waals surface area contributed by atoms with Crippen LogP contribution in [0.1, 0.15) is 12.0 Å². The number of carbonyl (C=O) groups is 1. The van der Waals surface area contributed by atoms with Crippen LogP contribution in [0.3, 0.4) is 0 Å². The summed E-state index contributed by atoms with van der Waals surface area (Å²) in [7, 11) is 0. The van der Waals surface area contributed by atoms with Crippen LogP contribution in [0.25, 0.3) is 0 Å². The zero-order chi connectivity index (χ0) is 11.7. The van der Waals surface area contributed by atoms with Crippen molar-refractivity contribution in [2.45, 2.75) is 13.0 Å². The van der Waals surface area contributed by atoms with E-state index >= 15 is 0 Å². The van der Waals surface area contributed by atoms with E-state index in [4.69, 9.17) is 23.2 Å². The predicted octanol–water partition coefficient (Wildman–Crippen LogP) is 3.28. The summed E-state index contributed by atoms with van der Waals surface area (Å²) in [6.07, 6.45) is 0.750. The minimum absolute atomic E-state index is 0.0334. The summed E-state index contributed by atoms with van der Waals surface area (Å²) < 4.78 is 0. The highest BCUT2D eigenvalue weighted by atomic mass is 35.5. The van der Waals surface area contributed by atoms with Crippen LogP contribution in [0.5, 0.6) is 0 Å². The van der Waals surface area contributed by atoms with Crippen LogP contribution in [0.4, 0.5) is 0 Å². The number of likely N-dealkylation sites (tertiary alicyclic amines) is 1. The molecule has 0 radical (unpaired) electrons. The van der Waals surface area contributed by atoms with Crippen LogP contribution >= 0.6 is 23.2 Å². The Bertz CT molecular complexity index is 456. The molecule has 1 saturated heterocycles. The molecular weight excluding hydrogens is 245 g/mol. The minimum Gasteiger partial charge on any atom is -0.334 e. The molecule has 0 aliphatic carbocycles.